The van der Waals surface area contributed by atoms with Gasteiger partial charge in [-0.3, -0.25) is 10.1 Å². The molecule has 1 aliphatic heterocycles. The predicted octanol–water partition coefficient (Wildman–Crippen LogP) is 2.92. The highest BCUT2D eigenvalue weighted by Gasteiger charge is 2.33. The van der Waals surface area contributed by atoms with Crippen molar-refractivity contribution in [2.24, 2.45) is 5.41 Å². The maximum Gasteiger partial charge on any atom is 0.321 e. The van der Waals surface area contributed by atoms with Crippen molar-refractivity contribution in [2.75, 3.05) is 25.0 Å². The summed E-state index contributed by atoms with van der Waals surface area (Å²) in [6.07, 6.45) is 2.47. The van der Waals surface area contributed by atoms with Crippen molar-refractivity contribution >= 4 is 17.4 Å². The number of benzene rings is 1. The lowest BCUT2D eigenvalue weighted by molar-refractivity contribution is -0.384. The van der Waals surface area contributed by atoms with E-state index in [0.717, 1.165) is 19.3 Å². The Morgan fingerprint density at radius 1 is 1.43 bits per heavy atom. The number of nitro benzene ring substituents is 1. The normalized spacial score (nSPS) is 16.9. The van der Waals surface area contributed by atoms with Gasteiger partial charge in [-0.05, 0) is 43.2 Å². The van der Waals surface area contributed by atoms with Crippen LogP contribution in [0, 0.1) is 22.5 Å². The largest absolute Gasteiger partial charge is 0.396 e. The number of hydrogen-bond donors (Lipinski definition) is 2. The molecule has 2 N–H and O–H groups in total. The first-order valence-corrected chi connectivity index (χ1v) is 7.82. The van der Waals surface area contributed by atoms with E-state index in [1.165, 1.54) is 12.1 Å². The van der Waals surface area contributed by atoms with Crippen molar-refractivity contribution in [3.63, 3.8) is 0 Å². The van der Waals surface area contributed by atoms with Crippen LogP contribution in [0.25, 0.3) is 0 Å². The van der Waals surface area contributed by atoms with Crippen LogP contribution in [0.4, 0.5) is 16.2 Å². The van der Waals surface area contributed by atoms with Crippen LogP contribution >= 0.6 is 0 Å². The van der Waals surface area contributed by atoms with Crippen molar-refractivity contribution < 1.29 is 14.8 Å². The van der Waals surface area contributed by atoms with E-state index in [9.17, 15) is 20.0 Å². The van der Waals surface area contributed by atoms with Gasteiger partial charge in [0.25, 0.3) is 5.69 Å². The van der Waals surface area contributed by atoms with Crippen molar-refractivity contribution in [3.8, 4) is 0 Å². The van der Waals surface area contributed by atoms with Crippen LogP contribution in [0.15, 0.2) is 18.2 Å². The molecule has 1 aromatic rings. The maximum absolute atomic E-state index is 12.3. The van der Waals surface area contributed by atoms with Crippen LogP contribution in [0.3, 0.4) is 0 Å². The summed E-state index contributed by atoms with van der Waals surface area (Å²) in [5, 5.41) is 23.1. The Bertz CT molecular complexity index is 589. The highest BCUT2D eigenvalue weighted by molar-refractivity contribution is 5.90. The molecule has 1 saturated heterocycles. The monoisotopic (exact) mass is 321 g/mol. The molecule has 2 rings (SSSR count). The minimum absolute atomic E-state index is 0.00847. The standard InChI is InChI=1S/C16H23N3O4/c1-3-16(11-20)6-8-18(9-7-16)15(21)17-14-5-4-13(19(22)23)10-12(14)2/h4-5,10,20H,3,6-9,11H2,1-2H3,(H,17,21). The second-order valence-corrected chi connectivity index (χ2v) is 6.19. The number of carbonyl (C=O) groups excluding carboxylic acids is 1. The average molecular weight is 321 g/mol. The lowest BCUT2D eigenvalue weighted by Gasteiger charge is -2.40. The van der Waals surface area contributed by atoms with Gasteiger partial charge in [0.2, 0.25) is 0 Å². The summed E-state index contributed by atoms with van der Waals surface area (Å²) in [5.41, 5.74) is 1.17. The molecule has 2 amide bonds. The highest BCUT2D eigenvalue weighted by atomic mass is 16.6. The van der Waals surface area contributed by atoms with Crippen LogP contribution < -0.4 is 5.32 Å². The number of nitrogens with zero attached hydrogens (tertiary/aromatic N) is 2. The lowest BCUT2D eigenvalue weighted by atomic mass is 9.77. The summed E-state index contributed by atoms with van der Waals surface area (Å²) in [6, 6.07) is 4.18. The minimum Gasteiger partial charge on any atom is -0.396 e. The highest BCUT2D eigenvalue weighted by Crippen LogP contribution is 2.34. The number of anilines is 1. The third kappa shape index (κ3) is 3.79. The molecule has 0 atom stereocenters. The molecule has 0 aromatic heterocycles. The molecular formula is C16H23N3O4. The van der Waals surface area contributed by atoms with E-state index in [2.05, 4.69) is 12.2 Å². The van der Waals surface area contributed by atoms with Gasteiger partial charge in [0.1, 0.15) is 0 Å². The second-order valence-electron chi connectivity index (χ2n) is 6.19. The number of carbonyl (C=O) groups is 1. The molecule has 0 spiro atoms. The van der Waals surface area contributed by atoms with E-state index in [-0.39, 0.29) is 23.7 Å². The molecule has 126 valence electrons. The third-order valence-corrected chi connectivity index (χ3v) is 4.86. The van der Waals surface area contributed by atoms with Crippen LogP contribution in [-0.4, -0.2) is 40.7 Å². The Balaban J connectivity index is 1.99. The van der Waals surface area contributed by atoms with Crippen molar-refractivity contribution in [3.05, 3.63) is 33.9 Å². The summed E-state index contributed by atoms with van der Waals surface area (Å²) in [5.74, 6) is 0. The molecule has 0 saturated carbocycles. The second kappa shape index (κ2) is 6.95. The third-order valence-electron chi connectivity index (χ3n) is 4.86. The first-order valence-electron chi connectivity index (χ1n) is 7.82. The van der Waals surface area contributed by atoms with Gasteiger partial charge in [0, 0.05) is 37.5 Å². The first kappa shape index (κ1) is 17.2. The zero-order chi connectivity index (χ0) is 17.0. The summed E-state index contributed by atoms with van der Waals surface area (Å²) in [6.45, 7) is 5.15. The Hall–Kier alpha value is -2.15. The first-order chi connectivity index (χ1) is 10.9. The molecule has 1 aromatic carbocycles. The lowest BCUT2D eigenvalue weighted by Crippen LogP contribution is -2.46. The van der Waals surface area contributed by atoms with E-state index in [1.54, 1.807) is 17.9 Å². The average Bonchev–Trinajstić information content (AvgIpc) is 2.56. The summed E-state index contributed by atoms with van der Waals surface area (Å²) < 4.78 is 0. The van der Waals surface area contributed by atoms with E-state index in [0.29, 0.717) is 24.3 Å². The Morgan fingerprint density at radius 3 is 2.57 bits per heavy atom. The molecule has 7 heteroatoms. The van der Waals surface area contributed by atoms with Crippen molar-refractivity contribution in [1.29, 1.82) is 0 Å². The zero-order valence-corrected chi connectivity index (χ0v) is 13.5. The minimum atomic E-state index is -0.456. The summed E-state index contributed by atoms with van der Waals surface area (Å²) in [7, 11) is 0. The number of aliphatic hydroxyl groups excluding tert-OH is 1. The van der Waals surface area contributed by atoms with Crippen LogP contribution in [0.1, 0.15) is 31.7 Å². The number of likely N-dealkylation sites (tertiary alicyclic amines) is 1. The number of amides is 2. The van der Waals surface area contributed by atoms with E-state index in [1.807, 2.05) is 0 Å². The van der Waals surface area contributed by atoms with Gasteiger partial charge in [-0.1, -0.05) is 6.92 Å². The van der Waals surface area contributed by atoms with Gasteiger partial charge in [-0.25, -0.2) is 4.79 Å². The number of urea groups is 1. The van der Waals surface area contributed by atoms with Crippen molar-refractivity contribution in [1.82, 2.24) is 4.90 Å². The smallest absolute Gasteiger partial charge is 0.321 e. The number of hydrogen-bond acceptors (Lipinski definition) is 4. The van der Waals surface area contributed by atoms with Crippen molar-refractivity contribution in [2.45, 2.75) is 33.1 Å². The summed E-state index contributed by atoms with van der Waals surface area (Å²) >= 11 is 0. The van der Waals surface area contributed by atoms with Crippen LogP contribution in [0.2, 0.25) is 0 Å². The van der Waals surface area contributed by atoms with Gasteiger partial charge >= 0.3 is 6.03 Å². The van der Waals surface area contributed by atoms with Gasteiger partial charge in [0.05, 0.1) is 4.92 Å². The van der Waals surface area contributed by atoms with E-state index in [4.69, 9.17) is 0 Å². The SMILES string of the molecule is CCC1(CO)CCN(C(=O)Nc2ccc([N+](=O)[O-])cc2C)CC1. The Kier molecular flexibility index (Phi) is 5.20. The molecule has 0 unspecified atom stereocenters. The molecule has 0 bridgehead atoms. The number of nitro groups is 1. The zero-order valence-electron chi connectivity index (χ0n) is 13.5. The number of non-ortho nitro benzene ring substituents is 1. The molecular weight excluding hydrogens is 298 g/mol. The fourth-order valence-electron chi connectivity index (χ4n) is 2.90. The number of nitrogens with one attached hydrogen (secondary N) is 1. The topological polar surface area (TPSA) is 95.7 Å². The molecule has 0 aliphatic carbocycles. The molecule has 23 heavy (non-hydrogen) atoms. The fraction of sp³-hybridized carbons (Fsp3) is 0.562. The molecule has 7 nitrogen and oxygen atoms in total. The molecule has 1 heterocycles. The number of aliphatic hydroxyl groups is 1. The van der Waals surface area contributed by atoms with Gasteiger partial charge in [0.15, 0.2) is 0 Å². The molecule has 1 fully saturated rings. The van der Waals surface area contributed by atoms with E-state index < -0.39 is 4.92 Å². The molecule has 0 radical (unpaired) electrons. The number of aryl methyl sites for hydroxylation is 1. The number of rotatable bonds is 4. The number of piperidine rings is 1. The summed E-state index contributed by atoms with van der Waals surface area (Å²) in [4.78, 5) is 24.4. The predicted molar refractivity (Wildman–Crippen MR) is 87.5 cm³/mol. The Labute approximate surface area is 135 Å². The van der Waals surface area contributed by atoms with Crippen LogP contribution in [-0.2, 0) is 0 Å². The maximum atomic E-state index is 12.3. The molecule has 1 aliphatic rings. The van der Waals surface area contributed by atoms with Gasteiger partial charge in [-0.2, -0.15) is 0 Å². The van der Waals surface area contributed by atoms with Gasteiger partial charge < -0.3 is 15.3 Å². The van der Waals surface area contributed by atoms with E-state index >= 15 is 0 Å². The fourth-order valence-corrected chi connectivity index (χ4v) is 2.90. The Morgan fingerprint density at radius 2 is 2.09 bits per heavy atom. The van der Waals surface area contributed by atoms with Gasteiger partial charge in [-0.15, -0.1) is 0 Å². The quantitative estimate of drug-likeness (QED) is 0.658. The van der Waals surface area contributed by atoms with Crippen LogP contribution in [0.5, 0.6) is 0 Å².